The first-order valence-corrected chi connectivity index (χ1v) is 9.96. The SMILES string of the molecule is CCCCn1nc(C2CCCC2)nc1C[C@@H]1CN(C(C)C)CCO1. The summed E-state index contributed by atoms with van der Waals surface area (Å²) >= 11 is 0. The number of rotatable bonds is 7. The minimum Gasteiger partial charge on any atom is -0.375 e. The first-order chi connectivity index (χ1) is 11.7. The lowest BCUT2D eigenvalue weighted by atomic mass is 10.1. The van der Waals surface area contributed by atoms with Crippen LogP contribution in [0.25, 0.3) is 0 Å². The molecule has 0 radical (unpaired) electrons. The molecular formula is C19H34N4O. The Bertz CT molecular complexity index is 507. The van der Waals surface area contributed by atoms with Gasteiger partial charge in [0, 0.05) is 38.0 Å². The molecule has 1 saturated carbocycles. The molecule has 0 bridgehead atoms. The van der Waals surface area contributed by atoms with Crippen LogP contribution in [-0.2, 0) is 17.7 Å². The van der Waals surface area contributed by atoms with Crippen molar-refractivity contribution in [1.82, 2.24) is 19.7 Å². The molecule has 2 heterocycles. The molecule has 5 nitrogen and oxygen atoms in total. The van der Waals surface area contributed by atoms with Gasteiger partial charge in [-0.15, -0.1) is 0 Å². The molecule has 0 unspecified atom stereocenters. The third-order valence-electron chi connectivity index (χ3n) is 5.52. The van der Waals surface area contributed by atoms with E-state index in [1.54, 1.807) is 0 Å². The summed E-state index contributed by atoms with van der Waals surface area (Å²) in [4.78, 5) is 7.48. The summed E-state index contributed by atoms with van der Waals surface area (Å²) in [5.74, 6) is 2.82. The highest BCUT2D eigenvalue weighted by Crippen LogP contribution is 2.32. The molecule has 0 amide bonds. The van der Waals surface area contributed by atoms with Gasteiger partial charge in [0.15, 0.2) is 5.82 Å². The van der Waals surface area contributed by atoms with Gasteiger partial charge in [-0.2, -0.15) is 5.10 Å². The lowest BCUT2D eigenvalue weighted by Crippen LogP contribution is -2.46. The van der Waals surface area contributed by atoms with Gasteiger partial charge in [0.25, 0.3) is 0 Å². The lowest BCUT2D eigenvalue weighted by Gasteiger charge is -2.35. The van der Waals surface area contributed by atoms with Crippen LogP contribution in [0.5, 0.6) is 0 Å². The Labute approximate surface area is 146 Å². The molecule has 1 aromatic rings. The average molecular weight is 335 g/mol. The van der Waals surface area contributed by atoms with Gasteiger partial charge >= 0.3 is 0 Å². The van der Waals surface area contributed by atoms with E-state index in [-0.39, 0.29) is 6.10 Å². The summed E-state index contributed by atoms with van der Waals surface area (Å²) in [5, 5.41) is 4.89. The van der Waals surface area contributed by atoms with Gasteiger partial charge in [-0.3, -0.25) is 4.90 Å². The molecular weight excluding hydrogens is 300 g/mol. The lowest BCUT2D eigenvalue weighted by molar-refractivity contribution is -0.0389. The second kappa shape index (κ2) is 8.43. The summed E-state index contributed by atoms with van der Waals surface area (Å²) in [6, 6.07) is 0.586. The standard InChI is InChI=1S/C19H34N4O/c1-4-5-10-23-18(20-19(21-23)16-8-6-7-9-16)13-17-14-22(15(2)3)11-12-24-17/h15-17H,4-14H2,1-3H3/t17-/m1/s1. The molecule has 24 heavy (non-hydrogen) atoms. The molecule has 1 aliphatic heterocycles. The fourth-order valence-electron chi connectivity index (χ4n) is 3.93. The second-order valence-corrected chi connectivity index (χ2v) is 7.73. The van der Waals surface area contributed by atoms with Crippen molar-refractivity contribution in [3.8, 4) is 0 Å². The Balaban J connectivity index is 1.70. The minimum atomic E-state index is 0.252. The van der Waals surface area contributed by atoms with E-state index in [0.717, 1.165) is 44.3 Å². The Morgan fingerprint density at radius 2 is 2.04 bits per heavy atom. The predicted molar refractivity (Wildman–Crippen MR) is 96.3 cm³/mol. The van der Waals surface area contributed by atoms with Crippen LogP contribution in [0, 0.1) is 0 Å². The Morgan fingerprint density at radius 1 is 1.25 bits per heavy atom. The normalized spacial score (nSPS) is 23.4. The van der Waals surface area contributed by atoms with Crippen molar-refractivity contribution in [2.24, 2.45) is 0 Å². The van der Waals surface area contributed by atoms with E-state index in [1.165, 1.54) is 38.5 Å². The van der Waals surface area contributed by atoms with Gasteiger partial charge in [0.1, 0.15) is 5.82 Å². The van der Waals surface area contributed by atoms with Gasteiger partial charge in [-0.05, 0) is 33.1 Å². The van der Waals surface area contributed by atoms with Gasteiger partial charge in [-0.1, -0.05) is 26.2 Å². The van der Waals surface area contributed by atoms with E-state index in [0.29, 0.717) is 12.0 Å². The van der Waals surface area contributed by atoms with Crippen LogP contribution in [0.2, 0.25) is 0 Å². The van der Waals surface area contributed by atoms with Crippen molar-refractivity contribution in [3.05, 3.63) is 11.6 Å². The van der Waals surface area contributed by atoms with Crippen LogP contribution in [0.4, 0.5) is 0 Å². The highest BCUT2D eigenvalue weighted by Gasteiger charge is 2.27. The van der Waals surface area contributed by atoms with Crippen molar-refractivity contribution in [2.45, 2.75) is 90.3 Å². The third-order valence-corrected chi connectivity index (χ3v) is 5.52. The van der Waals surface area contributed by atoms with Crippen molar-refractivity contribution in [2.75, 3.05) is 19.7 Å². The average Bonchev–Trinajstić information content (AvgIpc) is 3.23. The zero-order chi connectivity index (χ0) is 16.9. The first kappa shape index (κ1) is 17.9. The minimum absolute atomic E-state index is 0.252. The van der Waals surface area contributed by atoms with Gasteiger partial charge in [0.05, 0.1) is 12.7 Å². The summed E-state index contributed by atoms with van der Waals surface area (Å²) in [7, 11) is 0. The quantitative estimate of drug-likeness (QED) is 0.766. The zero-order valence-corrected chi connectivity index (χ0v) is 15.7. The first-order valence-electron chi connectivity index (χ1n) is 9.96. The second-order valence-electron chi connectivity index (χ2n) is 7.73. The van der Waals surface area contributed by atoms with Gasteiger partial charge in [-0.25, -0.2) is 9.67 Å². The summed E-state index contributed by atoms with van der Waals surface area (Å²) in [6.07, 6.45) is 8.70. The number of nitrogens with zero attached hydrogens (tertiary/aromatic N) is 4. The fraction of sp³-hybridized carbons (Fsp3) is 0.895. The molecule has 0 spiro atoms. The molecule has 0 N–H and O–H groups in total. The van der Waals surface area contributed by atoms with E-state index >= 15 is 0 Å². The summed E-state index contributed by atoms with van der Waals surface area (Å²) in [6.45, 7) is 10.7. The van der Waals surface area contributed by atoms with Gasteiger partial charge < -0.3 is 4.74 Å². The fourth-order valence-corrected chi connectivity index (χ4v) is 3.93. The molecule has 1 aromatic heterocycles. The molecule has 1 saturated heterocycles. The molecule has 136 valence electrons. The molecule has 3 rings (SSSR count). The smallest absolute Gasteiger partial charge is 0.154 e. The number of aryl methyl sites for hydroxylation is 1. The summed E-state index contributed by atoms with van der Waals surface area (Å²) in [5.41, 5.74) is 0. The number of hydrogen-bond acceptors (Lipinski definition) is 4. The number of ether oxygens (including phenoxy) is 1. The zero-order valence-electron chi connectivity index (χ0n) is 15.7. The van der Waals surface area contributed by atoms with Crippen LogP contribution in [-0.4, -0.2) is 51.5 Å². The maximum atomic E-state index is 6.03. The van der Waals surface area contributed by atoms with E-state index in [1.807, 2.05) is 0 Å². The van der Waals surface area contributed by atoms with Crippen molar-refractivity contribution >= 4 is 0 Å². The van der Waals surface area contributed by atoms with E-state index in [4.69, 9.17) is 14.8 Å². The maximum Gasteiger partial charge on any atom is 0.154 e. The van der Waals surface area contributed by atoms with Gasteiger partial charge in [0.2, 0.25) is 0 Å². The topological polar surface area (TPSA) is 43.2 Å². The van der Waals surface area contributed by atoms with E-state index < -0.39 is 0 Å². The number of aromatic nitrogens is 3. The van der Waals surface area contributed by atoms with Crippen molar-refractivity contribution in [1.29, 1.82) is 0 Å². The van der Waals surface area contributed by atoms with E-state index in [9.17, 15) is 0 Å². The van der Waals surface area contributed by atoms with Crippen LogP contribution >= 0.6 is 0 Å². The Kier molecular flexibility index (Phi) is 6.28. The van der Waals surface area contributed by atoms with E-state index in [2.05, 4.69) is 30.4 Å². The van der Waals surface area contributed by atoms with Crippen LogP contribution in [0.15, 0.2) is 0 Å². The van der Waals surface area contributed by atoms with Crippen LogP contribution in [0.1, 0.15) is 76.9 Å². The molecule has 2 aliphatic rings. The third kappa shape index (κ3) is 4.37. The molecule has 1 atom stereocenters. The molecule has 5 heteroatoms. The number of morpholine rings is 1. The van der Waals surface area contributed by atoms with Crippen LogP contribution in [0.3, 0.4) is 0 Å². The van der Waals surface area contributed by atoms with Crippen molar-refractivity contribution in [3.63, 3.8) is 0 Å². The van der Waals surface area contributed by atoms with Crippen molar-refractivity contribution < 1.29 is 4.74 Å². The van der Waals surface area contributed by atoms with Crippen LogP contribution < -0.4 is 0 Å². The monoisotopic (exact) mass is 334 g/mol. The predicted octanol–water partition coefficient (Wildman–Crippen LogP) is 3.39. The Hall–Kier alpha value is -0.940. The Morgan fingerprint density at radius 3 is 2.75 bits per heavy atom. The highest BCUT2D eigenvalue weighted by molar-refractivity contribution is 5.03. The maximum absolute atomic E-state index is 6.03. The number of hydrogen-bond donors (Lipinski definition) is 0. The number of unbranched alkanes of at least 4 members (excludes halogenated alkanes) is 1. The largest absolute Gasteiger partial charge is 0.375 e. The molecule has 1 aliphatic carbocycles. The molecule has 0 aromatic carbocycles. The molecule has 2 fully saturated rings. The summed E-state index contributed by atoms with van der Waals surface area (Å²) < 4.78 is 8.21. The highest BCUT2D eigenvalue weighted by atomic mass is 16.5.